The van der Waals surface area contributed by atoms with Crippen molar-refractivity contribution in [3.8, 4) is 5.75 Å². The SMILES string of the molecule is Oc1c(Cl)cccc1C=NNc1nnc2c3ccccc3n(Cc3ccccc3)c2n1. The van der Waals surface area contributed by atoms with Crippen molar-refractivity contribution in [1.82, 2.24) is 19.7 Å². The molecule has 0 aliphatic carbocycles. The molecule has 0 saturated heterocycles. The summed E-state index contributed by atoms with van der Waals surface area (Å²) < 4.78 is 2.12. The third-order valence-corrected chi connectivity index (χ3v) is 5.25. The summed E-state index contributed by atoms with van der Waals surface area (Å²) in [5.74, 6) is 0.217. The number of benzene rings is 3. The Kier molecular flexibility index (Phi) is 4.93. The van der Waals surface area contributed by atoms with Gasteiger partial charge in [0.25, 0.3) is 5.95 Å². The van der Waals surface area contributed by atoms with Crippen LogP contribution in [-0.4, -0.2) is 31.1 Å². The fourth-order valence-corrected chi connectivity index (χ4v) is 3.65. The Hall–Kier alpha value is -3.97. The molecule has 0 aliphatic heterocycles. The number of halogens is 1. The van der Waals surface area contributed by atoms with Crippen LogP contribution in [0.5, 0.6) is 5.75 Å². The molecule has 5 aromatic rings. The van der Waals surface area contributed by atoms with Crippen molar-refractivity contribution in [2.45, 2.75) is 6.54 Å². The first-order chi connectivity index (χ1) is 15.2. The number of aromatic hydroxyl groups is 1. The van der Waals surface area contributed by atoms with Crippen molar-refractivity contribution in [2.75, 3.05) is 5.43 Å². The molecule has 0 amide bonds. The van der Waals surface area contributed by atoms with Gasteiger partial charge in [0.2, 0.25) is 0 Å². The van der Waals surface area contributed by atoms with Gasteiger partial charge in [0, 0.05) is 17.5 Å². The molecule has 8 heteroatoms. The second kappa shape index (κ2) is 8.04. The minimum atomic E-state index is -0.0350. The van der Waals surface area contributed by atoms with E-state index in [1.165, 1.54) is 6.21 Å². The van der Waals surface area contributed by atoms with Gasteiger partial charge in [0.15, 0.2) is 5.65 Å². The molecule has 31 heavy (non-hydrogen) atoms. The number of aromatic nitrogens is 4. The van der Waals surface area contributed by atoms with E-state index in [4.69, 9.17) is 11.6 Å². The number of anilines is 1. The maximum atomic E-state index is 10.00. The summed E-state index contributed by atoms with van der Waals surface area (Å²) in [6.45, 7) is 0.655. The number of hydrogen-bond donors (Lipinski definition) is 2. The van der Waals surface area contributed by atoms with Crippen LogP contribution < -0.4 is 5.43 Å². The molecule has 152 valence electrons. The molecule has 2 heterocycles. The van der Waals surface area contributed by atoms with Crippen LogP contribution in [-0.2, 0) is 6.54 Å². The smallest absolute Gasteiger partial charge is 0.265 e. The fraction of sp³-hybridized carbons (Fsp3) is 0.0435. The number of phenols is 1. The Labute approximate surface area is 182 Å². The molecule has 0 bridgehead atoms. The third-order valence-electron chi connectivity index (χ3n) is 4.94. The third kappa shape index (κ3) is 3.67. The first-order valence-electron chi connectivity index (χ1n) is 9.63. The molecule has 0 fully saturated rings. The Balaban J connectivity index is 1.52. The van der Waals surface area contributed by atoms with Gasteiger partial charge in [-0.05, 0) is 23.8 Å². The van der Waals surface area contributed by atoms with E-state index in [0.29, 0.717) is 17.8 Å². The van der Waals surface area contributed by atoms with Crippen LogP contribution in [0, 0.1) is 0 Å². The molecule has 0 saturated carbocycles. The summed E-state index contributed by atoms with van der Waals surface area (Å²) in [5, 5.41) is 23.9. The van der Waals surface area contributed by atoms with E-state index in [1.54, 1.807) is 18.2 Å². The fourth-order valence-electron chi connectivity index (χ4n) is 3.47. The number of phenolic OH excluding ortho intramolecular Hbond substituents is 1. The lowest BCUT2D eigenvalue weighted by molar-refractivity contribution is 0.475. The molecule has 2 aromatic heterocycles. The van der Waals surface area contributed by atoms with Crippen LogP contribution in [0.4, 0.5) is 5.95 Å². The lowest BCUT2D eigenvalue weighted by atomic mass is 10.2. The van der Waals surface area contributed by atoms with E-state index in [1.807, 2.05) is 36.4 Å². The van der Waals surface area contributed by atoms with Gasteiger partial charge in [-0.15, -0.1) is 10.2 Å². The number of para-hydroxylation sites is 2. The first kappa shape index (κ1) is 19.0. The number of nitrogens with zero attached hydrogens (tertiary/aromatic N) is 5. The summed E-state index contributed by atoms with van der Waals surface area (Å²) in [4.78, 5) is 4.66. The Morgan fingerprint density at radius 2 is 1.77 bits per heavy atom. The summed E-state index contributed by atoms with van der Waals surface area (Å²) in [7, 11) is 0. The minimum absolute atomic E-state index is 0.0350. The van der Waals surface area contributed by atoms with Crippen LogP contribution in [0.15, 0.2) is 77.9 Å². The largest absolute Gasteiger partial charge is 0.506 e. The lowest BCUT2D eigenvalue weighted by Crippen LogP contribution is -2.04. The standard InChI is InChI=1S/C23H17ClN6O/c24-18-11-6-9-16(21(18)31)13-25-28-23-26-22-20(27-29-23)17-10-4-5-12-19(17)30(22)14-15-7-2-1-3-8-15/h1-13,31H,14H2,(H,26,28,29). The quantitative estimate of drug-likeness (QED) is 0.309. The topological polar surface area (TPSA) is 88.2 Å². The molecular weight excluding hydrogens is 412 g/mol. The monoisotopic (exact) mass is 428 g/mol. The van der Waals surface area contributed by atoms with Crippen molar-refractivity contribution in [3.05, 3.63) is 88.9 Å². The van der Waals surface area contributed by atoms with Crippen molar-refractivity contribution in [2.24, 2.45) is 5.10 Å². The molecule has 0 aliphatic rings. The molecule has 0 unspecified atom stereocenters. The molecule has 0 atom stereocenters. The number of hydrazone groups is 1. The van der Waals surface area contributed by atoms with Gasteiger partial charge in [-0.3, -0.25) is 0 Å². The maximum Gasteiger partial charge on any atom is 0.265 e. The second-order valence-corrected chi connectivity index (χ2v) is 7.35. The van der Waals surface area contributed by atoms with Crippen molar-refractivity contribution >= 4 is 45.8 Å². The zero-order valence-electron chi connectivity index (χ0n) is 16.3. The maximum absolute atomic E-state index is 10.00. The molecule has 3 aromatic carbocycles. The predicted octanol–water partition coefficient (Wildman–Crippen LogP) is 4.83. The van der Waals surface area contributed by atoms with Gasteiger partial charge >= 0.3 is 0 Å². The zero-order valence-corrected chi connectivity index (χ0v) is 17.0. The molecular formula is C23H17ClN6O. The van der Waals surface area contributed by atoms with Gasteiger partial charge in [0.05, 0.1) is 16.8 Å². The highest BCUT2D eigenvalue weighted by atomic mass is 35.5. The Morgan fingerprint density at radius 1 is 0.968 bits per heavy atom. The van der Waals surface area contributed by atoms with Crippen molar-refractivity contribution in [1.29, 1.82) is 0 Å². The van der Waals surface area contributed by atoms with Gasteiger partial charge in [-0.2, -0.15) is 10.1 Å². The number of fused-ring (bicyclic) bond motifs is 3. The summed E-state index contributed by atoms with van der Waals surface area (Å²) in [6, 6.07) is 23.3. The van der Waals surface area contributed by atoms with Gasteiger partial charge < -0.3 is 9.67 Å². The van der Waals surface area contributed by atoms with E-state index in [-0.39, 0.29) is 16.7 Å². The van der Waals surface area contributed by atoms with E-state index in [9.17, 15) is 5.11 Å². The first-order valence-corrected chi connectivity index (χ1v) is 10.0. The number of rotatable bonds is 5. The second-order valence-electron chi connectivity index (χ2n) is 6.94. The zero-order chi connectivity index (χ0) is 21.2. The highest BCUT2D eigenvalue weighted by Gasteiger charge is 2.14. The van der Waals surface area contributed by atoms with Crippen molar-refractivity contribution in [3.63, 3.8) is 0 Å². The highest BCUT2D eigenvalue weighted by molar-refractivity contribution is 6.32. The van der Waals surface area contributed by atoms with Crippen LogP contribution in [0.3, 0.4) is 0 Å². The van der Waals surface area contributed by atoms with Crippen LogP contribution in [0.1, 0.15) is 11.1 Å². The average Bonchev–Trinajstić information content (AvgIpc) is 3.10. The van der Waals surface area contributed by atoms with E-state index >= 15 is 0 Å². The van der Waals surface area contributed by atoms with Crippen molar-refractivity contribution < 1.29 is 5.11 Å². The molecule has 2 N–H and O–H groups in total. The molecule has 5 rings (SSSR count). The van der Waals surface area contributed by atoms with Gasteiger partial charge in [0.1, 0.15) is 11.3 Å². The Morgan fingerprint density at radius 3 is 2.65 bits per heavy atom. The predicted molar refractivity (Wildman–Crippen MR) is 123 cm³/mol. The normalized spacial score (nSPS) is 11.5. The van der Waals surface area contributed by atoms with Gasteiger partial charge in [-0.25, -0.2) is 5.43 Å². The molecule has 7 nitrogen and oxygen atoms in total. The van der Waals surface area contributed by atoms with Crippen LogP contribution >= 0.6 is 11.6 Å². The minimum Gasteiger partial charge on any atom is -0.506 e. The van der Waals surface area contributed by atoms with Crippen LogP contribution in [0.25, 0.3) is 22.1 Å². The highest BCUT2D eigenvalue weighted by Crippen LogP contribution is 2.28. The van der Waals surface area contributed by atoms with E-state index < -0.39 is 0 Å². The summed E-state index contributed by atoms with van der Waals surface area (Å²) >= 11 is 5.93. The Bertz CT molecular complexity index is 1410. The van der Waals surface area contributed by atoms with E-state index in [2.05, 4.69) is 48.5 Å². The number of nitrogens with one attached hydrogen (secondary N) is 1. The van der Waals surface area contributed by atoms with E-state index in [0.717, 1.165) is 22.0 Å². The van der Waals surface area contributed by atoms with Crippen LogP contribution in [0.2, 0.25) is 5.02 Å². The van der Waals surface area contributed by atoms with Gasteiger partial charge in [-0.1, -0.05) is 66.2 Å². The number of hydrogen-bond acceptors (Lipinski definition) is 6. The summed E-state index contributed by atoms with van der Waals surface area (Å²) in [5.41, 5.74) is 6.90. The molecule has 0 spiro atoms. The molecule has 0 radical (unpaired) electrons. The lowest BCUT2D eigenvalue weighted by Gasteiger charge is -2.07. The summed E-state index contributed by atoms with van der Waals surface area (Å²) in [6.07, 6.45) is 1.45. The average molecular weight is 429 g/mol.